The maximum atomic E-state index is 13.9. The molecule has 1 atom stereocenters. The molecule has 1 aromatic carbocycles. The van der Waals surface area contributed by atoms with Crippen LogP contribution in [0, 0.1) is 23.2 Å². The van der Waals surface area contributed by atoms with Gasteiger partial charge in [-0.3, -0.25) is 14.7 Å². The summed E-state index contributed by atoms with van der Waals surface area (Å²) < 4.78 is 42.2. The van der Waals surface area contributed by atoms with E-state index in [2.05, 4.69) is 28.4 Å². The fraction of sp³-hybridized carbons (Fsp3) is 0.531. The average molecular weight is 590 g/mol. The van der Waals surface area contributed by atoms with Crippen LogP contribution in [0.25, 0.3) is 0 Å². The van der Waals surface area contributed by atoms with Crippen molar-refractivity contribution < 1.29 is 18.0 Å². The van der Waals surface area contributed by atoms with Gasteiger partial charge in [0.15, 0.2) is 0 Å². The topological polar surface area (TPSA) is 90.9 Å². The molecule has 2 aromatic heterocycles. The summed E-state index contributed by atoms with van der Waals surface area (Å²) in [6, 6.07) is 12.3. The van der Waals surface area contributed by atoms with E-state index in [4.69, 9.17) is 4.98 Å². The highest BCUT2D eigenvalue weighted by Crippen LogP contribution is 2.51. The third-order valence-electron chi connectivity index (χ3n) is 9.85. The van der Waals surface area contributed by atoms with Crippen molar-refractivity contribution in [1.29, 1.82) is 5.26 Å². The molecule has 4 heterocycles. The van der Waals surface area contributed by atoms with E-state index >= 15 is 0 Å². The molecule has 2 aliphatic carbocycles. The number of nitrogens with zero attached hydrogens (tertiary/aromatic N) is 7. The summed E-state index contributed by atoms with van der Waals surface area (Å²) >= 11 is 0. The maximum Gasteiger partial charge on any atom is 0.393 e. The number of benzene rings is 1. The van der Waals surface area contributed by atoms with Crippen LogP contribution in [0.5, 0.6) is 0 Å². The number of aromatic nitrogens is 4. The first-order chi connectivity index (χ1) is 20.6. The summed E-state index contributed by atoms with van der Waals surface area (Å²) in [5.74, 6) is -0.292. The van der Waals surface area contributed by atoms with Gasteiger partial charge in [0.2, 0.25) is 0 Å². The van der Waals surface area contributed by atoms with Gasteiger partial charge in [-0.15, -0.1) is 10.2 Å². The molecule has 0 N–H and O–H groups in total. The molecule has 0 radical (unpaired) electrons. The van der Waals surface area contributed by atoms with Crippen LogP contribution in [-0.4, -0.2) is 49.8 Å². The van der Waals surface area contributed by atoms with Crippen molar-refractivity contribution in [3.8, 4) is 6.07 Å². The molecule has 43 heavy (non-hydrogen) atoms. The van der Waals surface area contributed by atoms with Crippen LogP contribution in [0.1, 0.15) is 83.1 Å². The lowest BCUT2D eigenvalue weighted by Crippen LogP contribution is -2.43. The van der Waals surface area contributed by atoms with Gasteiger partial charge in [0, 0.05) is 66.3 Å². The summed E-state index contributed by atoms with van der Waals surface area (Å²) in [7, 11) is 1.92. The fourth-order valence-corrected chi connectivity index (χ4v) is 7.29. The molecule has 0 bridgehead atoms. The Morgan fingerprint density at radius 3 is 2.67 bits per heavy atom. The number of carbonyl (C=O) groups excluding carboxylic acids is 1. The van der Waals surface area contributed by atoms with Crippen LogP contribution in [0.2, 0.25) is 0 Å². The second kappa shape index (κ2) is 10.4. The summed E-state index contributed by atoms with van der Waals surface area (Å²) in [4.78, 5) is 22.5. The van der Waals surface area contributed by atoms with Gasteiger partial charge in [-0.1, -0.05) is 12.1 Å². The highest BCUT2D eigenvalue weighted by molar-refractivity contribution is 6.10. The Kier molecular flexibility index (Phi) is 6.80. The number of hydrogen-bond donors (Lipinski definition) is 0. The minimum atomic E-state index is -4.20. The number of piperidine rings is 1. The molecule has 3 fully saturated rings. The second-order valence-electron chi connectivity index (χ2n) is 12.9. The zero-order valence-corrected chi connectivity index (χ0v) is 24.1. The molecular formula is C32H34F3N7O. The highest BCUT2D eigenvalue weighted by atomic mass is 19.4. The van der Waals surface area contributed by atoms with E-state index in [0.29, 0.717) is 49.7 Å². The van der Waals surface area contributed by atoms with E-state index in [1.807, 2.05) is 34.7 Å². The zero-order chi connectivity index (χ0) is 29.9. The van der Waals surface area contributed by atoms with E-state index in [1.165, 1.54) is 0 Å². The number of carbonyl (C=O) groups is 1. The van der Waals surface area contributed by atoms with Gasteiger partial charge < -0.3 is 9.47 Å². The molecule has 8 nitrogen and oxygen atoms in total. The van der Waals surface area contributed by atoms with Crippen molar-refractivity contribution in [3.63, 3.8) is 0 Å². The number of amides is 1. The average Bonchev–Trinajstić information content (AvgIpc) is 3.66. The van der Waals surface area contributed by atoms with E-state index in [9.17, 15) is 23.2 Å². The first kappa shape index (κ1) is 28.0. The number of anilines is 1. The smallest absolute Gasteiger partial charge is 0.321 e. The summed E-state index contributed by atoms with van der Waals surface area (Å²) in [5, 5.41) is 17.9. The number of nitriles is 1. The summed E-state index contributed by atoms with van der Waals surface area (Å²) in [6.07, 6.45) is 2.26. The minimum absolute atomic E-state index is 0.0218. The van der Waals surface area contributed by atoms with Crippen molar-refractivity contribution in [1.82, 2.24) is 24.6 Å². The zero-order valence-electron chi connectivity index (χ0n) is 24.1. The molecule has 2 saturated carbocycles. The van der Waals surface area contributed by atoms with Gasteiger partial charge in [0.1, 0.15) is 12.2 Å². The molecule has 3 aromatic rings. The number of pyridine rings is 1. The van der Waals surface area contributed by atoms with Crippen LogP contribution in [0.15, 0.2) is 36.7 Å². The molecular weight excluding hydrogens is 555 g/mol. The lowest BCUT2D eigenvalue weighted by atomic mass is 9.57. The van der Waals surface area contributed by atoms with E-state index < -0.39 is 12.1 Å². The van der Waals surface area contributed by atoms with E-state index in [0.717, 1.165) is 54.0 Å². The van der Waals surface area contributed by atoms with Crippen molar-refractivity contribution >= 4 is 11.6 Å². The van der Waals surface area contributed by atoms with Crippen LogP contribution in [0.3, 0.4) is 0 Å². The maximum absolute atomic E-state index is 13.9. The Hall–Kier alpha value is -3.78. The standard InChI is InChI=1S/C32H34F3N7O/c1-40-19-37-39-28(40)14-31(12-20(13-31)15-36)22-4-2-6-25(10-22)42-18-27-26(30(42)43)11-24(38-29(27)21-7-8-21)17-41-9-3-5-23(16-41)32(33,34)35/h2,4,6,10-11,19-21,23H,3,5,7-9,12-14,16-18H2,1H3/t20?,23-,31?/m0/s1. The van der Waals surface area contributed by atoms with Gasteiger partial charge >= 0.3 is 6.18 Å². The molecule has 1 amide bonds. The molecule has 1 saturated heterocycles. The van der Waals surface area contributed by atoms with Gasteiger partial charge in [-0.2, -0.15) is 18.4 Å². The number of alkyl halides is 3. The van der Waals surface area contributed by atoms with Crippen LogP contribution >= 0.6 is 0 Å². The molecule has 7 rings (SSSR count). The predicted octanol–water partition coefficient (Wildman–Crippen LogP) is 5.44. The Labute approximate surface area is 248 Å². The Morgan fingerprint density at radius 1 is 1.16 bits per heavy atom. The summed E-state index contributed by atoms with van der Waals surface area (Å²) in [5.41, 5.74) is 4.77. The second-order valence-corrected chi connectivity index (χ2v) is 12.9. The first-order valence-corrected chi connectivity index (χ1v) is 15.1. The number of hydrogen-bond acceptors (Lipinski definition) is 6. The predicted molar refractivity (Wildman–Crippen MR) is 152 cm³/mol. The number of rotatable bonds is 7. The molecule has 0 unspecified atom stereocenters. The van der Waals surface area contributed by atoms with Gasteiger partial charge in [0.05, 0.1) is 24.2 Å². The van der Waals surface area contributed by atoms with Crippen LogP contribution in [0.4, 0.5) is 18.9 Å². The number of likely N-dealkylation sites (tertiary alicyclic amines) is 1. The Balaban J connectivity index is 1.16. The fourth-order valence-electron chi connectivity index (χ4n) is 7.29. The van der Waals surface area contributed by atoms with Crippen LogP contribution < -0.4 is 4.90 Å². The van der Waals surface area contributed by atoms with E-state index in [-0.39, 0.29) is 30.2 Å². The van der Waals surface area contributed by atoms with Crippen molar-refractivity contribution in [2.75, 3.05) is 18.0 Å². The first-order valence-electron chi connectivity index (χ1n) is 15.1. The lowest BCUT2D eigenvalue weighted by molar-refractivity contribution is -0.187. The van der Waals surface area contributed by atoms with Crippen LogP contribution in [-0.2, 0) is 32.0 Å². The number of halogens is 3. The quantitative estimate of drug-likeness (QED) is 0.365. The minimum Gasteiger partial charge on any atom is -0.321 e. The lowest BCUT2D eigenvalue weighted by Gasteiger charge is -2.45. The summed E-state index contributed by atoms with van der Waals surface area (Å²) in [6.45, 7) is 1.30. The highest BCUT2D eigenvalue weighted by Gasteiger charge is 2.47. The van der Waals surface area contributed by atoms with Gasteiger partial charge in [0.25, 0.3) is 5.91 Å². The Morgan fingerprint density at radius 2 is 1.98 bits per heavy atom. The number of aryl methyl sites for hydroxylation is 1. The third-order valence-corrected chi connectivity index (χ3v) is 9.85. The van der Waals surface area contributed by atoms with Crippen molar-refractivity contribution in [2.24, 2.45) is 18.9 Å². The molecule has 11 heteroatoms. The van der Waals surface area contributed by atoms with Gasteiger partial charge in [-0.05, 0) is 68.8 Å². The van der Waals surface area contributed by atoms with Crippen molar-refractivity contribution in [2.45, 2.75) is 75.5 Å². The molecule has 2 aliphatic heterocycles. The van der Waals surface area contributed by atoms with Gasteiger partial charge in [-0.25, -0.2) is 0 Å². The largest absolute Gasteiger partial charge is 0.393 e. The van der Waals surface area contributed by atoms with E-state index in [1.54, 1.807) is 11.2 Å². The monoisotopic (exact) mass is 589 g/mol. The third kappa shape index (κ3) is 5.20. The molecule has 4 aliphatic rings. The normalized spacial score (nSPS) is 25.8. The van der Waals surface area contributed by atoms with Crippen molar-refractivity contribution in [3.05, 3.63) is 70.6 Å². The number of fused-ring (bicyclic) bond motifs is 1. The molecule has 0 spiro atoms. The SMILES string of the molecule is Cn1cnnc1CC1(c2cccc(N3Cc4c(cc(CN5CCC[C@H](C(F)(F)F)C5)nc4C4CC4)C3=O)c2)CC(C#N)C1. The Bertz CT molecular complexity index is 1600. The molecule has 224 valence electrons.